The van der Waals surface area contributed by atoms with Crippen molar-refractivity contribution >= 4 is 45.7 Å². The van der Waals surface area contributed by atoms with Crippen LogP contribution in [-0.4, -0.2) is 67.7 Å². The van der Waals surface area contributed by atoms with Crippen LogP contribution in [-0.2, 0) is 9.53 Å². The first-order valence-corrected chi connectivity index (χ1v) is 13.3. The minimum absolute atomic E-state index is 0.0370. The lowest BCUT2D eigenvalue weighted by atomic mass is 10.00. The van der Waals surface area contributed by atoms with Crippen molar-refractivity contribution in [2.45, 2.75) is 44.2 Å². The number of carbonyl (C=O) groups excluding carboxylic acids is 2. The number of unbranched alkanes of at least 4 members (excludes halogenated alkanes) is 2. The van der Waals surface area contributed by atoms with E-state index in [1.807, 2.05) is 30.5 Å². The lowest BCUT2D eigenvalue weighted by molar-refractivity contribution is -0.116. The molecule has 1 saturated heterocycles. The number of H-pyrrole nitrogens is 1. The van der Waals surface area contributed by atoms with Crippen molar-refractivity contribution in [1.82, 2.24) is 15.2 Å². The monoisotopic (exact) mass is 541 g/mol. The first kappa shape index (κ1) is 27.8. The molecule has 10 heteroatoms. The molecule has 3 aromatic rings. The molecular formula is C28H36ClN5O4. The number of nitrogens with one attached hydrogen (secondary N) is 3. The number of halogens is 1. The van der Waals surface area contributed by atoms with E-state index in [1.165, 1.54) is 13.2 Å². The largest absolute Gasteiger partial charge is 0.496 e. The van der Waals surface area contributed by atoms with Crippen molar-refractivity contribution < 1.29 is 19.1 Å². The third kappa shape index (κ3) is 6.98. The highest BCUT2D eigenvalue weighted by molar-refractivity contribution is 6.33. The summed E-state index contributed by atoms with van der Waals surface area (Å²) < 4.78 is 11.0. The molecule has 2 heterocycles. The Bertz CT molecular complexity index is 1260. The van der Waals surface area contributed by atoms with Gasteiger partial charge in [-0.3, -0.25) is 9.59 Å². The number of rotatable bonds is 11. The van der Waals surface area contributed by atoms with Crippen molar-refractivity contribution in [3.63, 3.8) is 0 Å². The van der Waals surface area contributed by atoms with Crippen LogP contribution in [0.1, 0.15) is 42.5 Å². The van der Waals surface area contributed by atoms with Crippen molar-refractivity contribution in [3.05, 3.63) is 53.2 Å². The second-order valence-electron chi connectivity index (χ2n) is 9.66. The molecule has 2 amide bonds. The van der Waals surface area contributed by atoms with Gasteiger partial charge in [0.15, 0.2) is 0 Å². The molecule has 204 valence electrons. The third-order valence-electron chi connectivity index (χ3n) is 7.04. The van der Waals surface area contributed by atoms with Gasteiger partial charge in [-0.15, -0.1) is 0 Å². The molecule has 1 fully saturated rings. The lowest BCUT2D eigenvalue weighted by Gasteiger charge is -2.38. The number of ether oxygens (including phenoxy) is 2. The maximum atomic E-state index is 13.0. The van der Waals surface area contributed by atoms with Gasteiger partial charge in [0.25, 0.3) is 5.91 Å². The number of benzene rings is 2. The molecule has 38 heavy (non-hydrogen) atoms. The molecule has 9 nitrogen and oxygen atoms in total. The first-order chi connectivity index (χ1) is 18.4. The van der Waals surface area contributed by atoms with Gasteiger partial charge in [-0.25, -0.2) is 0 Å². The van der Waals surface area contributed by atoms with Gasteiger partial charge in [0, 0.05) is 55.5 Å². The number of hydrogen-bond donors (Lipinski definition) is 4. The molecule has 0 saturated carbocycles. The first-order valence-electron chi connectivity index (χ1n) is 12.9. The zero-order valence-corrected chi connectivity index (χ0v) is 22.6. The minimum atomic E-state index is -0.268. The topological polar surface area (TPSA) is 122 Å². The van der Waals surface area contributed by atoms with E-state index in [9.17, 15) is 9.59 Å². The van der Waals surface area contributed by atoms with Crippen molar-refractivity contribution in [2.75, 3.05) is 44.9 Å². The predicted octanol–water partition coefficient (Wildman–Crippen LogP) is 4.43. The zero-order valence-electron chi connectivity index (χ0n) is 21.9. The zero-order chi connectivity index (χ0) is 27.1. The summed E-state index contributed by atoms with van der Waals surface area (Å²) in [5, 5.41) is 7.45. The number of fused-ring (bicyclic) bond motifs is 1. The molecule has 1 aromatic heterocycles. The van der Waals surface area contributed by atoms with E-state index < -0.39 is 0 Å². The van der Waals surface area contributed by atoms with Gasteiger partial charge in [-0.05, 0) is 56.1 Å². The summed E-state index contributed by atoms with van der Waals surface area (Å²) in [5.74, 6) is 0.150. The summed E-state index contributed by atoms with van der Waals surface area (Å²) in [7, 11) is 3.16. The number of piperidine rings is 1. The molecule has 2 unspecified atom stereocenters. The average Bonchev–Trinajstić information content (AvgIpc) is 3.38. The van der Waals surface area contributed by atoms with E-state index in [1.54, 1.807) is 13.2 Å². The van der Waals surface area contributed by atoms with Gasteiger partial charge in [-0.2, -0.15) is 0 Å². The molecule has 0 radical (unpaired) electrons. The number of amides is 2. The summed E-state index contributed by atoms with van der Waals surface area (Å²) in [6.45, 7) is 2.50. The fourth-order valence-electron chi connectivity index (χ4n) is 4.90. The smallest absolute Gasteiger partial charge is 0.255 e. The van der Waals surface area contributed by atoms with E-state index in [-0.39, 0.29) is 24.0 Å². The van der Waals surface area contributed by atoms with Crippen LogP contribution in [0.5, 0.6) is 5.75 Å². The van der Waals surface area contributed by atoms with E-state index in [0.29, 0.717) is 28.4 Å². The maximum Gasteiger partial charge on any atom is 0.255 e. The van der Waals surface area contributed by atoms with Crippen LogP contribution in [0, 0.1) is 0 Å². The summed E-state index contributed by atoms with van der Waals surface area (Å²) >= 11 is 6.13. The van der Waals surface area contributed by atoms with Crippen LogP contribution in [0.2, 0.25) is 5.02 Å². The summed E-state index contributed by atoms with van der Waals surface area (Å²) in [6, 6.07) is 10.8. The molecular weight excluding hydrogens is 506 g/mol. The lowest BCUT2D eigenvalue weighted by Crippen LogP contribution is -2.54. The fourth-order valence-corrected chi connectivity index (χ4v) is 5.07. The molecule has 1 aliphatic heterocycles. The maximum absolute atomic E-state index is 13.0. The van der Waals surface area contributed by atoms with Crippen LogP contribution < -0.4 is 21.1 Å². The highest BCUT2D eigenvalue weighted by atomic mass is 35.5. The van der Waals surface area contributed by atoms with E-state index in [0.717, 1.165) is 61.9 Å². The summed E-state index contributed by atoms with van der Waals surface area (Å²) in [6.07, 6.45) is 5.82. The van der Waals surface area contributed by atoms with Crippen LogP contribution in [0.25, 0.3) is 10.9 Å². The van der Waals surface area contributed by atoms with Gasteiger partial charge in [0.1, 0.15) is 5.75 Å². The number of nitrogen functional groups attached to an aromatic ring is 1. The highest BCUT2D eigenvalue weighted by Gasteiger charge is 2.31. The molecule has 0 spiro atoms. The van der Waals surface area contributed by atoms with Crippen LogP contribution in [0.4, 0.5) is 11.4 Å². The molecule has 2 atom stereocenters. The van der Waals surface area contributed by atoms with E-state index in [2.05, 4.69) is 20.5 Å². The number of aromatic nitrogens is 1. The Labute approximate surface area is 228 Å². The molecule has 4 rings (SSSR count). The van der Waals surface area contributed by atoms with Crippen molar-refractivity contribution in [2.24, 2.45) is 0 Å². The molecule has 5 N–H and O–H groups in total. The Morgan fingerprint density at radius 2 is 2.00 bits per heavy atom. The van der Waals surface area contributed by atoms with Gasteiger partial charge < -0.3 is 35.7 Å². The Hall–Kier alpha value is -3.27. The minimum Gasteiger partial charge on any atom is -0.496 e. The molecule has 0 aliphatic carbocycles. The Balaban J connectivity index is 1.17. The number of hydrogen-bond acceptors (Lipinski definition) is 6. The van der Waals surface area contributed by atoms with E-state index >= 15 is 0 Å². The number of methoxy groups -OCH3 is 2. The van der Waals surface area contributed by atoms with Crippen LogP contribution in [0.15, 0.2) is 42.6 Å². The number of nitrogens with zero attached hydrogens (tertiary/aromatic N) is 1. The Morgan fingerprint density at radius 1 is 1.16 bits per heavy atom. The van der Waals surface area contributed by atoms with Crippen LogP contribution in [0.3, 0.4) is 0 Å². The van der Waals surface area contributed by atoms with Gasteiger partial charge in [-0.1, -0.05) is 18.0 Å². The Morgan fingerprint density at radius 3 is 2.79 bits per heavy atom. The van der Waals surface area contributed by atoms with Crippen molar-refractivity contribution in [3.8, 4) is 5.75 Å². The quantitative estimate of drug-likeness (QED) is 0.210. The highest BCUT2D eigenvalue weighted by Crippen LogP contribution is 2.29. The number of anilines is 2. The fraction of sp³-hybridized carbons (Fsp3) is 0.429. The molecule has 0 bridgehead atoms. The van der Waals surface area contributed by atoms with E-state index in [4.69, 9.17) is 26.8 Å². The normalized spacial score (nSPS) is 17.9. The number of carbonyl (C=O) groups is 2. The number of nitrogens with two attached hydrogens (primary N) is 1. The summed E-state index contributed by atoms with van der Waals surface area (Å²) in [5.41, 5.74) is 8.41. The molecule has 2 aromatic carbocycles. The second-order valence-corrected chi connectivity index (χ2v) is 10.1. The standard InChI is InChI=1S/C28H36ClN5O4/c1-37-25-16-22(30)21(29)15-20(25)28(36)33-24-10-13-34(17-26(24)38-2)12-5-3-4-6-27(35)32-19-7-8-23-18(14-19)9-11-31-23/h7-9,11,14-16,24,26,31H,3-6,10,12-13,17,30H2,1-2H3,(H,32,35)(H,33,36). The van der Waals surface area contributed by atoms with Gasteiger partial charge in [0.05, 0.1) is 35.5 Å². The second kappa shape index (κ2) is 13.0. The third-order valence-corrected chi connectivity index (χ3v) is 7.37. The van der Waals surface area contributed by atoms with Crippen LogP contribution >= 0.6 is 11.6 Å². The van der Waals surface area contributed by atoms with Gasteiger partial charge in [0.2, 0.25) is 5.91 Å². The molecule has 1 aliphatic rings. The number of likely N-dealkylation sites (tertiary alicyclic amines) is 1. The van der Waals surface area contributed by atoms with Crippen molar-refractivity contribution in [1.29, 1.82) is 0 Å². The SMILES string of the molecule is COc1cc(N)c(Cl)cc1C(=O)NC1CCN(CCCCCC(=O)Nc2ccc3[nH]ccc3c2)CC1OC. The summed E-state index contributed by atoms with van der Waals surface area (Å²) in [4.78, 5) is 30.8. The predicted molar refractivity (Wildman–Crippen MR) is 151 cm³/mol. The van der Waals surface area contributed by atoms with Gasteiger partial charge >= 0.3 is 0 Å². The Kier molecular flexibility index (Phi) is 9.49. The average molecular weight is 542 g/mol. The number of aromatic amines is 1.